The number of nitrogens with zero attached hydrogens (tertiary/aromatic N) is 1. The number of rotatable bonds is 3. The lowest BCUT2D eigenvalue weighted by molar-refractivity contribution is -0.137. The topological polar surface area (TPSA) is 35.8 Å². The summed E-state index contributed by atoms with van der Waals surface area (Å²) in [5, 5.41) is 12.0. The molecular formula is C15H11F3N2S. The lowest BCUT2D eigenvalue weighted by atomic mass is 10.1. The number of anilines is 2. The number of hydrogen-bond donors (Lipinski definition) is 1. The zero-order valence-corrected chi connectivity index (χ0v) is 11.8. The largest absolute Gasteiger partial charge is 0.416 e. The molecule has 0 unspecified atom stereocenters. The van der Waals surface area contributed by atoms with E-state index in [1.165, 1.54) is 6.07 Å². The van der Waals surface area contributed by atoms with Crippen LogP contribution in [0.5, 0.6) is 0 Å². The first-order chi connectivity index (χ1) is 9.94. The van der Waals surface area contributed by atoms with E-state index in [0.717, 1.165) is 22.7 Å². The quantitative estimate of drug-likeness (QED) is 0.807. The fraction of sp³-hybridized carbons (Fsp3) is 0.133. The van der Waals surface area contributed by atoms with Crippen LogP contribution in [0.2, 0.25) is 0 Å². The highest BCUT2D eigenvalue weighted by atomic mass is 32.2. The summed E-state index contributed by atoms with van der Waals surface area (Å²) in [6.45, 7) is 0. The van der Waals surface area contributed by atoms with Gasteiger partial charge in [-0.1, -0.05) is 6.07 Å². The van der Waals surface area contributed by atoms with Crippen molar-refractivity contribution in [3.63, 3.8) is 0 Å². The third kappa shape index (κ3) is 3.70. The van der Waals surface area contributed by atoms with E-state index < -0.39 is 11.7 Å². The van der Waals surface area contributed by atoms with Gasteiger partial charge >= 0.3 is 6.18 Å². The molecule has 0 aromatic heterocycles. The van der Waals surface area contributed by atoms with Crippen LogP contribution in [-0.2, 0) is 6.18 Å². The van der Waals surface area contributed by atoms with Crippen LogP contribution in [0.25, 0.3) is 0 Å². The Morgan fingerprint density at radius 2 is 1.90 bits per heavy atom. The summed E-state index contributed by atoms with van der Waals surface area (Å²) >= 11 is 1.56. The Kier molecular flexibility index (Phi) is 4.43. The monoisotopic (exact) mass is 308 g/mol. The van der Waals surface area contributed by atoms with Gasteiger partial charge in [-0.25, -0.2) is 0 Å². The van der Waals surface area contributed by atoms with Gasteiger partial charge in [-0.3, -0.25) is 0 Å². The molecule has 6 heteroatoms. The van der Waals surface area contributed by atoms with Crippen LogP contribution < -0.4 is 5.32 Å². The molecule has 2 rings (SSSR count). The standard InChI is InChI=1S/C15H11F3N2S/c1-21-13-4-2-3-12(8-13)20-14-6-5-11(15(16,17)18)7-10(14)9-19/h2-8,20H,1H3. The molecule has 2 nitrogen and oxygen atoms in total. The summed E-state index contributed by atoms with van der Waals surface area (Å²) in [5.74, 6) is 0. The highest BCUT2D eigenvalue weighted by molar-refractivity contribution is 7.98. The highest BCUT2D eigenvalue weighted by Crippen LogP contribution is 2.32. The van der Waals surface area contributed by atoms with Crippen molar-refractivity contribution in [3.8, 4) is 6.07 Å². The minimum absolute atomic E-state index is 0.0422. The van der Waals surface area contributed by atoms with Gasteiger partial charge in [-0.2, -0.15) is 18.4 Å². The van der Waals surface area contributed by atoms with Crippen molar-refractivity contribution in [1.82, 2.24) is 0 Å². The molecule has 1 N–H and O–H groups in total. The zero-order valence-electron chi connectivity index (χ0n) is 11.0. The van der Waals surface area contributed by atoms with Gasteiger partial charge in [-0.05, 0) is 42.7 Å². The predicted molar refractivity (Wildman–Crippen MR) is 77.7 cm³/mol. The number of nitrogens with one attached hydrogen (secondary N) is 1. The van der Waals surface area contributed by atoms with E-state index in [-0.39, 0.29) is 5.56 Å². The van der Waals surface area contributed by atoms with Crippen molar-refractivity contribution in [2.45, 2.75) is 11.1 Å². The molecule has 2 aromatic carbocycles. The molecule has 21 heavy (non-hydrogen) atoms. The van der Waals surface area contributed by atoms with Gasteiger partial charge in [0, 0.05) is 10.6 Å². The van der Waals surface area contributed by atoms with Crippen molar-refractivity contribution < 1.29 is 13.2 Å². The Morgan fingerprint density at radius 3 is 2.52 bits per heavy atom. The first-order valence-electron chi connectivity index (χ1n) is 5.96. The summed E-state index contributed by atoms with van der Waals surface area (Å²) in [6, 6.07) is 12.3. The molecule has 0 saturated heterocycles. The van der Waals surface area contributed by atoms with Gasteiger partial charge in [0.15, 0.2) is 0 Å². The van der Waals surface area contributed by atoms with E-state index in [2.05, 4.69) is 5.32 Å². The number of thioether (sulfide) groups is 1. The predicted octanol–water partition coefficient (Wildman–Crippen LogP) is 5.04. The third-order valence-corrected chi connectivity index (χ3v) is 3.54. The molecule has 0 spiro atoms. The van der Waals surface area contributed by atoms with E-state index in [0.29, 0.717) is 5.69 Å². The molecule has 2 aromatic rings. The van der Waals surface area contributed by atoms with Gasteiger partial charge in [0.2, 0.25) is 0 Å². The van der Waals surface area contributed by atoms with Crippen LogP contribution in [0.1, 0.15) is 11.1 Å². The first-order valence-corrected chi connectivity index (χ1v) is 7.19. The van der Waals surface area contributed by atoms with Crippen LogP contribution in [0, 0.1) is 11.3 Å². The number of benzene rings is 2. The minimum atomic E-state index is -4.46. The Morgan fingerprint density at radius 1 is 1.14 bits per heavy atom. The smallest absolute Gasteiger partial charge is 0.354 e. The second-order valence-corrected chi connectivity index (χ2v) is 5.11. The van der Waals surface area contributed by atoms with Crippen LogP contribution in [-0.4, -0.2) is 6.26 Å². The maximum Gasteiger partial charge on any atom is 0.416 e. The Labute approximate surface area is 124 Å². The molecule has 108 valence electrons. The second-order valence-electron chi connectivity index (χ2n) is 4.23. The Hall–Kier alpha value is -2.13. The number of hydrogen-bond acceptors (Lipinski definition) is 3. The summed E-state index contributed by atoms with van der Waals surface area (Å²) in [7, 11) is 0. The number of alkyl halides is 3. The van der Waals surface area contributed by atoms with Gasteiger partial charge in [0.25, 0.3) is 0 Å². The molecule has 0 heterocycles. The number of halogens is 3. The van der Waals surface area contributed by atoms with Crippen molar-refractivity contribution in [3.05, 3.63) is 53.6 Å². The van der Waals surface area contributed by atoms with Gasteiger partial charge in [-0.15, -0.1) is 11.8 Å². The van der Waals surface area contributed by atoms with Crippen molar-refractivity contribution in [2.75, 3.05) is 11.6 Å². The molecule has 0 amide bonds. The average molecular weight is 308 g/mol. The van der Waals surface area contributed by atoms with Crippen molar-refractivity contribution in [1.29, 1.82) is 5.26 Å². The number of nitriles is 1. The van der Waals surface area contributed by atoms with E-state index in [4.69, 9.17) is 5.26 Å². The summed E-state index contributed by atoms with van der Waals surface area (Å²) in [5.41, 5.74) is 0.198. The van der Waals surface area contributed by atoms with E-state index in [1.807, 2.05) is 24.5 Å². The van der Waals surface area contributed by atoms with Crippen molar-refractivity contribution in [2.24, 2.45) is 0 Å². The first kappa shape index (κ1) is 15.3. The zero-order chi connectivity index (χ0) is 15.5. The van der Waals surface area contributed by atoms with Crippen LogP contribution in [0.15, 0.2) is 47.4 Å². The van der Waals surface area contributed by atoms with E-state index >= 15 is 0 Å². The van der Waals surface area contributed by atoms with Crippen LogP contribution in [0.3, 0.4) is 0 Å². The molecule has 0 fully saturated rings. The molecule has 0 aliphatic heterocycles. The highest BCUT2D eigenvalue weighted by Gasteiger charge is 2.31. The summed E-state index contributed by atoms with van der Waals surface area (Å²) in [4.78, 5) is 1.02. The lowest BCUT2D eigenvalue weighted by Crippen LogP contribution is -2.06. The van der Waals surface area contributed by atoms with E-state index in [1.54, 1.807) is 23.9 Å². The Bertz CT molecular complexity index is 690. The molecule has 0 radical (unpaired) electrons. The SMILES string of the molecule is CSc1cccc(Nc2ccc(C(F)(F)F)cc2C#N)c1. The van der Waals surface area contributed by atoms with Gasteiger partial charge in [0.05, 0.1) is 16.8 Å². The summed E-state index contributed by atoms with van der Waals surface area (Å²) in [6.07, 6.45) is -2.53. The molecule has 0 aliphatic rings. The fourth-order valence-corrected chi connectivity index (χ4v) is 2.24. The molecule has 0 aliphatic carbocycles. The maximum absolute atomic E-state index is 12.6. The Balaban J connectivity index is 2.34. The molecule has 0 atom stereocenters. The minimum Gasteiger partial charge on any atom is -0.354 e. The molecule has 0 bridgehead atoms. The van der Waals surface area contributed by atoms with Crippen molar-refractivity contribution >= 4 is 23.1 Å². The summed E-state index contributed by atoms with van der Waals surface area (Å²) < 4.78 is 37.9. The normalized spacial score (nSPS) is 11.0. The van der Waals surface area contributed by atoms with Crippen LogP contribution in [0.4, 0.5) is 24.5 Å². The molecule has 0 saturated carbocycles. The molecular weight excluding hydrogens is 297 g/mol. The van der Waals surface area contributed by atoms with Gasteiger partial charge in [0.1, 0.15) is 6.07 Å². The third-order valence-electron chi connectivity index (χ3n) is 2.82. The lowest BCUT2D eigenvalue weighted by Gasteiger charge is -2.12. The van der Waals surface area contributed by atoms with E-state index in [9.17, 15) is 13.2 Å². The second kappa shape index (κ2) is 6.10. The fourth-order valence-electron chi connectivity index (χ4n) is 1.78. The van der Waals surface area contributed by atoms with Gasteiger partial charge < -0.3 is 5.32 Å². The average Bonchev–Trinajstić information content (AvgIpc) is 2.46. The van der Waals surface area contributed by atoms with Crippen LogP contribution >= 0.6 is 11.8 Å². The maximum atomic E-state index is 12.6.